The molecular weight excluding hydrogens is 219 g/mol. The van der Waals surface area contributed by atoms with Gasteiger partial charge in [-0.3, -0.25) is 4.79 Å². The van der Waals surface area contributed by atoms with Gasteiger partial charge >= 0.3 is 0 Å². The van der Waals surface area contributed by atoms with Gasteiger partial charge in [-0.15, -0.1) is 0 Å². The molecule has 0 aliphatic carbocycles. The van der Waals surface area contributed by atoms with Crippen LogP contribution in [0.1, 0.15) is 17.3 Å². The first-order valence-corrected chi connectivity index (χ1v) is 4.58. The van der Waals surface area contributed by atoms with Gasteiger partial charge in [0.05, 0.1) is 16.7 Å². The maximum absolute atomic E-state index is 12.7. The van der Waals surface area contributed by atoms with Gasteiger partial charge in [0.25, 0.3) is 5.91 Å². The molecule has 78 valence electrons. The second kappa shape index (κ2) is 4.76. The topological polar surface area (TPSA) is 52.9 Å². The van der Waals surface area contributed by atoms with E-state index in [0.717, 1.165) is 12.1 Å². The lowest BCUT2D eigenvalue weighted by atomic mass is 10.2. The lowest BCUT2D eigenvalue weighted by Crippen LogP contribution is -2.31. The summed E-state index contributed by atoms with van der Waals surface area (Å²) in [4.78, 5) is 11.5. The van der Waals surface area contributed by atoms with Crippen LogP contribution in [0.3, 0.4) is 0 Å². The smallest absolute Gasteiger partial charge is 0.253 e. The molecule has 15 heavy (non-hydrogen) atoms. The number of rotatable bonds is 2. The van der Waals surface area contributed by atoms with Gasteiger partial charge in [-0.05, 0) is 25.1 Å². The number of halogens is 2. The summed E-state index contributed by atoms with van der Waals surface area (Å²) < 4.78 is 12.7. The summed E-state index contributed by atoms with van der Waals surface area (Å²) in [6.45, 7) is 1.54. The van der Waals surface area contributed by atoms with Gasteiger partial charge in [0.1, 0.15) is 11.9 Å². The molecule has 0 bridgehead atoms. The predicted molar refractivity (Wildman–Crippen MR) is 54.0 cm³/mol. The van der Waals surface area contributed by atoms with E-state index in [2.05, 4.69) is 5.32 Å². The van der Waals surface area contributed by atoms with Gasteiger partial charge in [-0.25, -0.2) is 4.39 Å². The van der Waals surface area contributed by atoms with E-state index in [4.69, 9.17) is 16.9 Å². The van der Waals surface area contributed by atoms with Crippen LogP contribution in [0.4, 0.5) is 4.39 Å². The highest BCUT2D eigenvalue weighted by atomic mass is 35.5. The molecule has 0 radical (unpaired) electrons. The van der Waals surface area contributed by atoms with Crippen LogP contribution in [-0.2, 0) is 0 Å². The number of carbonyl (C=O) groups excluding carboxylic acids is 1. The lowest BCUT2D eigenvalue weighted by molar-refractivity contribution is 0.0948. The van der Waals surface area contributed by atoms with Crippen molar-refractivity contribution in [3.63, 3.8) is 0 Å². The van der Waals surface area contributed by atoms with Gasteiger partial charge < -0.3 is 5.32 Å². The van der Waals surface area contributed by atoms with Crippen LogP contribution in [0.25, 0.3) is 0 Å². The van der Waals surface area contributed by atoms with Gasteiger partial charge in [0.2, 0.25) is 0 Å². The summed E-state index contributed by atoms with van der Waals surface area (Å²) >= 11 is 5.67. The minimum atomic E-state index is -0.612. The minimum Gasteiger partial charge on any atom is -0.336 e. The van der Waals surface area contributed by atoms with Crippen molar-refractivity contribution in [2.24, 2.45) is 0 Å². The predicted octanol–water partition coefficient (Wildman–Crippen LogP) is 2.12. The van der Waals surface area contributed by atoms with Crippen LogP contribution in [0.5, 0.6) is 0 Å². The van der Waals surface area contributed by atoms with E-state index in [1.165, 1.54) is 13.0 Å². The Morgan fingerprint density at radius 2 is 2.33 bits per heavy atom. The molecule has 5 heteroatoms. The maximum Gasteiger partial charge on any atom is 0.253 e. The summed E-state index contributed by atoms with van der Waals surface area (Å²) in [6, 6.07) is 4.70. The third-order valence-corrected chi connectivity index (χ3v) is 2.03. The Hall–Kier alpha value is -1.60. The summed E-state index contributed by atoms with van der Waals surface area (Å²) in [6.07, 6.45) is 0. The van der Waals surface area contributed by atoms with Crippen molar-refractivity contribution in [1.82, 2.24) is 5.32 Å². The van der Waals surface area contributed by atoms with Gasteiger partial charge in [0.15, 0.2) is 0 Å². The molecule has 1 aromatic carbocycles. The third kappa shape index (κ3) is 2.93. The highest BCUT2D eigenvalue weighted by molar-refractivity contribution is 6.33. The van der Waals surface area contributed by atoms with Crippen LogP contribution in [-0.4, -0.2) is 11.9 Å². The van der Waals surface area contributed by atoms with E-state index < -0.39 is 17.8 Å². The zero-order chi connectivity index (χ0) is 11.4. The van der Waals surface area contributed by atoms with Crippen molar-refractivity contribution < 1.29 is 9.18 Å². The van der Waals surface area contributed by atoms with Crippen LogP contribution < -0.4 is 5.32 Å². The van der Waals surface area contributed by atoms with Crippen molar-refractivity contribution in [2.75, 3.05) is 0 Å². The number of nitrogens with zero attached hydrogens (tertiary/aromatic N) is 1. The molecule has 1 rings (SSSR count). The zero-order valence-electron chi connectivity index (χ0n) is 7.92. The molecule has 3 nitrogen and oxygen atoms in total. The molecule has 0 spiro atoms. The molecule has 0 aliphatic heterocycles. The summed E-state index contributed by atoms with van der Waals surface area (Å²) in [5.74, 6) is -1.00. The second-order valence-corrected chi connectivity index (χ2v) is 3.36. The SMILES string of the molecule is CC(C#N)NC(=O)c1ccc(F)cc1Cl. The summed E-state index contributed by atoms with van der Waals surface area (Å²) in [7, 11) is 0. The molecule has 0 fully saturated rings. The van der Waals surface area contributed by atoms with E-state index in [1.807, 2.05) is 6.07 Å². The number of nitriles is 1. The Labute approximate surface area is 91.5 Å². The largest absolute Gasteiger partial charge is 0.336 e. The Morgan fingerprint density at radius 3 is 2.87 bits per heavy atom. The van der Waals surface area contributed by atoms with Crippen molar-refractivity contribution in [1.29, 1.82) is 5.26 Å². The fourth-order valence-electron chi connectivity index (χ4n) is 0.980. The van der Waals surface area contributed by atoms with Gasteiger partial charge in [-0.1, -0.05) is 11.6 Å². The number of benzene rings is 1. The molecule has 0 saturated heterocycles. The van der Waals surface area contributed by atoms with E-state index in [-0.39, 0.29) is 10.6 Å². The fourth-order valence-corrected chi connectivity index (χ4v) is 1.23. The number of carbonyl (C=O) groups is 1. The van der Waals surface area contributed by atoms with Crippen LogP contribution in [0.2, 0.25) is 5.02 Å². The minimum absolute atomic E-state index is 0.0256. The first-order chi connectivity index (χ1) is 7.04. The van der Waals surface area contributed by atoms with Crippen molar-refractivity contribution in [3.8, 4) is 6.07 Å². The first-order valence-electron chi connectivity index (χ1n) is 4.20. The van der Waals surface area contributed by atoms with Crippen LogP contribution >= 0.6 is 11.6 Å². The van der Waals surface area contributed by atoms with E-state index in [0.29, 0.717) is 0 Å². The Bertz CT molecular complexity index is 428. The van der Waals surface area contributed by atoms with E-state index in [1.54, 1.807) is 0 Å². The van der Waals surface area contributed by atoms with Gasteiger partial charge in [-0.2, -0.15) is 5.26 Å². The summed E-state index contributed by atoms with van der Waals surface area (Å²) in [5.41, 5.74) is 0.153. The molecule has 0 saturated carbocycles. The van der Waals surface area contributed by atoms with Crippen LogP contribution in [0.15, 0.2) is 18.2 Å². The maximum atomic E-state index is 12.7. The molecule has 0 heterocycles. The van der Waals surface area contributed by atoms with Crippen LogP contribution in [0, 0.1) is 17.1 Å². The summed E-state index contributed by atoms with van der Waals surface area (Å²) in [5, 5.41) is 10.9. The number of amides is 1. The number of hydrogen-bond donors (Lipinski definition) is 1. The van der Waals surface area contributed by atoms with Crippen molar-refractivity contribution in [3.05, 3.63) is 34.6 Å². The van der Waals surface area contributed by atoms with Gasteiger partial charge in [0, 0.05) is 0 Å². The Kier molecular flexibility index (Phi) is 3.64. The number of nitrogens with one attached hydrogen (secondary N) is 1. The third-order valence-electron chi connectivity index (χ3n) is 1.72. The fraction of sp³-hybridized carbons (Fsp3) is 0.200. The lowest BCUT2D eigenvalue weighted by Gasteiger charge is -2.07. The molecule has 1 aromatic rings. The average Bonchev–Trinajstić information content (AvgIpc) is 2.17. The second-order valence-electron chi connectivity index (χ2n) is 2.95. The molecular formula is C10H8ClFN2O. The highest BCUT2D eigenvalue weighted by Gasteiger charge is 2.12. The monoisotopic (exact) mass is 226 g/mol. The quantitative estimate of drug-likeness (QED) is 0.840. The molecule has 0 aromatic heterocycles. The molecule has 1 unspecified atom stereocenters. The highest BCUT2D eigenvalue weighted by Crippen LogP contribution is 2.16. The van der Waals surface area contributed by atoms with E-state index >= 15 is 0 Å². The van der Waals surface area contributed by atoms with Crippen molar-refractivity contribution >= 4 is 17.5 Å². The zero-order valence-corrected chi connectivity index (χ0v) is 8.68. The molecule has 1 amide bonds. The first kappa shape index (κ1) is 11.5. The Morgan fingerprint density at radius 1 is 1.67 bits per heavy atom. The molecule has 0 aliphatic rings. The normalized spacial score (nSPS) is 11.6. The standard InChI is InChI=1S/C10H8ClFN2O/c1-6(5-13)14-10(15)8-3-2-7(12)4-9(8)11/h2-4,6H,1H3,(H,14,15). The molecule has 1 N–H and O–H groups in total. The number of hydrogen-bond acceptors (Lipinski definition) is 2. The molecule has 1 atom stereocenters. The van der Waals surface area contributed by atoms with Crippen molar-refractivity contribution in [2.45, 2.75) is 13.0 Å². The van der Waals surface area contributed by atoms with E-state index in [9.17, 15) is 9.18 Å². The Balaban J connectivity index is 2.88. The average molecular weight is 227 g/mol.